The van der Waals surface area contributed by atoms with Crippen LogP contribution in [0.1, 0.15) is 11.1 Å². The Labute approximate surface area is 224 Å². The van der Waals surface area contributed by atoms with Gasteiger partial charge in [0.05, 0.1) is 14.9 Å². The SMILES string of the molecule is Cc1ccccc1S(=O)(=O)NC(=O)NC(Cc1ccc(Cl)c(Cl)c1)C(=O)N(C)c1ccc2c(c1)OCO2. The molecule has 1 atom stereocenters. The quantitative estimate of drug-likeness (QED) is 0.443. The van der Waals surface area contributed by atoms with E-state index in [4.69, 9.17) is 32.7 Å². The number of likely N-dealkylation sites (N-methyl/N-ethyl adjacent to an activating group) is 1. The number of amides is 3. The van der Waals surface area contributed by atoms with Crippen molar-refractivity contribution in [2.45, 2.75) is 24.3 Å². The van der Waals surface area contributed by atoms with E-state index < -0.39 is 28.0 Å². The third-order valence-corrected chi connectivity index (χ3v) is 7.94. The zero-order valence-corrected chi connectivity index (χ0v) is 22.2. The van der Waals surface area contributed by atoms with Gasteiger partial charge in [-0.25, -0.2) is 17.9 Å². The summed E-state index contributed by atoms with van der Waals surface area (Å²) in [5, 5.41) is 3.11. The largest absolute Gasteiger partial charge is 0.454 e. The topological polar surface area (TPSA) is 114 Å². The van der Waals surface area contributed by atoms with Crippen molar-refractivity contribution in [1.82, 2.24) is 10.0 Å². The molecule has 194 valence electrons. The van der Waals surface area contributed by atoms with E-state index in [2.05, 4.69) is 5.32 Å². The van der Waals surface area contributed by atoms with E-state index in [0.29, 0.717) is 33.3 Å². The lowest BCUT2D eigenvalue weighted by Crippen LogP contribution is -2.52. The molecule has 37 heavy (non-hydrogen) atoms. The smallest absolute Gasteiger partial charge is 0.329 e. The summed E-state index contributed by atoms with van der Waals surface area (Å²) < 4.78 is 38.3. The molecule has 3 amide bonds. The Balaban J connectivity index is 1.58. The molecule has 0 radical (unpaired) electrons. The first kappa shape index (κ1) is 26.6. The molecular formula is C25H23Cl2N3O6S. The fourth-order valence-corrected chi connectivity index (χ4v) is 5.26. The second-order valence-electron chi connectivity index (χ2n) is 8.28. The van der Waals surface area contributed by atoms with Crippen molar-refractivity contribution in [3.8, 4) is 11.5 Å². The van der Waals surface area contributed by atoms with Crippen molar-refractivity contribution in [3.63, 3.8) is 0 Å². The molecule has 0 spiro atoms. The van der Waals surface area contributed by atoms with Crippen LogP contribution in [-0.4, -0.2) is 40.2 Å². The van der Waals surface area contributed by atoms with Gasteiger partial charge in [0.25, 0.3) is 10.0 Å². The van der Waals surface area contributed by atoms with Gasteiger partial charge in [0.2, 0.25) is 12.7 Å². The summed E-state index contributed by atoms with van der Waals surface area (Å²) in [5.74, 6) is 0.525. The summed E-state index contributed by atoms with van der Waals surface area (Å²) in [5.41, 5.74) is 1.56. The highest BCUT2D eigenvalue weighted by Gasteiger charge is 2.29. The second-order valence-corrected chi connectivity index (χ2v) is 10.7. The first-order valence-corrected chi connectivity index (χ1v) is 13.3. The maximum atomic E-state index is 13.5. The first-order valence-electron chi connectivity index (χ1n) is 11.1. The molecule has 9 nitrogen and oxygen atoms in total. The molecule has 1 unspecified atom stereocenters. The van der Waals surface area contributed by atoms with Gasteiger partial charge in [0.1, 0.15) is 6.04 Å². The Hall–Kier alpha value is -3.47. The number of carbonyl (C=O) groups excluding carboxylic acids is 2. The van der Waals surface area contributed by atoms with Gasteiger partial charge in [-0.05, 0) is 48.4 Å². The highest BCUT2D eigenvalue weighted by Crippen LogP contribution is 2.35. The predicted octanol–water partition coefficient (Wildman–Crippen LogP) is 4.29. The van der Waals surface area contributed by atoms with Crippen LogP contribution in [0.4, 0.5) is 10.5 Å². The van der Waals surface area contributed by atoms with Crippen molar-refractivity contribution < 1.29 is 27.5 Å². The number of urea groups is 1. The highest BCUT2D eigenvalue weighted by atomic mass is 35.5. The summed E-state index contributed by atoms with van der Waals surface area (Å²) in [4.78, 5) is 27.6. The Kier molecular flexibility index (Phi) is 7.82. The van der Waals surface area contributed by atoms with Crippen molar-refractivity contribution in [2.24, 2.45) is 0 Å². The van der Waals surface area contributed by atoms with Crippen molar-refractivity contribution in [2.75, 3.05) is 18.7 Å². The van der Waals surface area contributed by atoms with E-state index in [9.17, 15) is 18.0 Å². The van der Waals surface area contributed by atoms with E-state index in [1.54, 1.807) is 61.5 Å². The Bertz CT molecular complexity index is 1460. The van der Waals surface area contributed by atoms with Gasteiger partial charge in [-0.2, -0.15) is 0 Å². The lowest BCUT2D eigenvalue weighted by atomic mass is 10.0. The average molecular weight is 564 g/mol. The van der Waals surface area contributed by atoms with E-state index in [-0.39, 0.29) is 23.1 Å². The zero-order valence-electron chi connectivity index (χ0n) is 19.8. The fourth-order valence-electron chi connectivity index (χ4n) is 3.78. The molecule has 4 rings (SSSR count). The minimum Gasteiger partial charge on any atom is -0.454 e. The molecule has 0 aliphatic carbocycles. The van der Waals surface area contributed by atoms with Crippen LogP contribution >= 0.6 is 23.2 Å². The monoisotopic (exact) mass is 563 g/mol. The molecule has 0 fully saturated rings. The van der Waals surface area contributed by atoms with Crippen LogP contribution in [0, 0.1) is 6.92 Å². The van der Waals surface area contributed by atoms with Crippen LogP contribution in [0.25, 0.3) is 0 Å². The van der Waals surface area contributed by atoms with Gasteiger partial charge < -0.3 is 19.7 Å². The molecule has 12 heteroatoms. The van der Waals surface area contributed by atoms with Gasteiger partial charge in [-0.3, -0.25) is 4.79 Å². The van der Waals surface area contributed by atoms with Gasteiger partial charge in [0, 0.05) is 25.2 Å². The number of hydrogen-bond acceptors (Lipinski definition) is 6. The molecular weight excluding hydrogens is 541 g/mol. The number of ether oxygens (including phenoxy) is 2. The van der Waals surface area contributed by atoms with Crippen molar-refractivity contribution in [1.29, 1.82) is 0 Å². The van der Waals surface area contributed by atoms with Gasteiger partial charge in [-0.15, -0.1) is 0 Å². The summed E-state index contributed by atoms with van der Waals surface area (Å²) in [6, 6.07) is 13.8. The minimum atomic E-state index is -4.18. The van der Waals surface area contributed by atoms with Crippen LogP contribution in [-0.2, 0) is 21.2 Å². The van der Waals surface area contributed by atoms with Gasteiger partial charge in [-0.1, -0.05) is 47.5 Å². The van der Waals surface area contributed by atoms with Gasteiger partial charge >= 0.3 is 6.03 Å². The van der Waals surface area contributed by atoms with E-state index in [1.807, 2.05) is 4.72 Å². The van der Waals surface area contributed by atoms with E-state index in [1.165, 1.54) is 18.0 Å². The Morgan fingerprint density at radius 3 is 2.46 bits per heavy atom. The number of carbonyl (C=O) groups is 2. The first-order chi connectivity index (χ1) is 17.5. The Morgan fingerprint density at radius 1 is 1.00 bits per heavy atom. The molecule has 1 aliphatic heterocycles. The number of aryl methyl sites for hydroxylation is 1. The number of sulfonamides is 1. The lowest BCUT2D eigenvalue weighted by Gasteiger charge is -2.25. The van der Waals surface area contributed by atoms with Crippen LogP contribution in [0.15, 0.2) is 65.6 Å². The number of nitrogens with one attached hydrogen (secondary N) is 2. The number of anilines is 1. The van der Waals surface area contributed by atoms with Crippen molar-refractivity contribution in [3.05, 3.63) is 81.8 Å². The average Bonchev–Trinajstić information content (AvgIpc) is 3.33. The number of hydrogen-bond donors (Lipinski definition) is 2. The van der Waals surface area contributed by atoms with Crippen LogP contribution < -0.4 is 24.4 Å². The molecule has 0 aromatic heterocycles. The molecule has 0 bridgehead atoms. The highest BCUT2D eigenvalue weighted by molar-refractivity contribution is 7.90. The third-order valence-electron chi connectivity index (χ3n) is 5.71. The van der Waals surface area contributed by atoms with Crippen LogP contribution in [0.2, 0.25) is 10.0 Å². The summed E-state index contributed by atoms with van der Waals surface area (Å²) in [6.45, 7) is 1.69. The van der Waals surface area contributed by atoms with Crippen LogP contribution in [0.3, 0.4) is 0 Å². The zero-order chi connectivity index (χ0) is 26.7. The maximum Gasteiger partial charge on any atom is 0.329 e. The lowest BCUT2D eigenvalue weighted by molar-refractivity contribution is -0.120. The number of benzene rings is 3. The number of halogens is 2. The molecule has 1 aliphatic rings. The van der Waals surface area contributed by atoms with E-state index >= 15 is 0 Å². The summed E-state index contributed by atoms with van der Waals surface area (Å²) >= 11 is 12.1. The van der Waals surface area contributed by atoms with E-state index in [0.717, 1.165) is 0 Å². The molecule has 3 aromatic rings. The molecule has 3 aromatic carbocycles. The minimum absolute atomic E-state index is 0.0163. The van der Waals surface area contributed by atoms with Crippen LogP contribution in [0.5, 0.6) is 11.5 Å². The third kappa shape index (κ3) is 6.10. The Morgan fingerprint density at radius 2 is 1.73 bits per heavy atom. The predicted molar refractivity (Wildman–Crippen MR) is 140 cm³/mol. The number of fused-ring (bicyclic) bond motifs is 1. The van der Waals surface area contributed by atoms with Gasteiger partial charge in [0.15, 0.2) is 11.5 Å². The fraction of sp³-hybridized carbons (Fsp3) is 0.200. The molecule has 0 saturated heterocycles. The summed E-state index contributed by atoms with van der Waals surface area (Å²) in [6.07, 6.45) is 0.0163. The number of nitrogens with zero attached hydrogens (tertiary/aromatic N) is 1. The molecule has 0 saturated carbocycles. The maximum absolute atomic E-state index is 13.5. The standard InChI is InChI=1S/C25H23Cl2N3O6S/c1-15-5-3-4-6-23(15)37(33,34)29-25(32)28-20(12-16-7-9-18(26)19(27)11-16)24(31)30(2)17-8-10-21-22(13-17)36-14-35-21/h3-11,13,20H,12,14H2,1-2H3,(H2,28,29,32). The molecule has 1 heterocycles. The van der Waals surface area contributed by atoms with Crippen molar-refractivity contribution >= 4 is 50.9 Å². The second kappa shape index (κ2) is 10.9. The molecule has 2 N–H and O–H groups in total. The normalized spacial score (nSPS) is 13.1. The summed E-state index contributed by atoms with van der Waals surface area (Å²) in [7, 11) is -2.65. The number of rotatable bonds is 7.